The van der Waals surface area contributed by atoms with Crippen LogP contribution in [0.3, 0.4) is 0 Å². The van der Waals surface area contributed by atoms with Crippen molar-refractivity contribution in [1.29, 1.82) is 0 Å². The number of aliphatic hydroxyl groups is 1. The highest BCUT2D eigenvalue weighted by atomic mass is 16.6. The second-order valence-electron chi connectivity index (χ2n) is 8.71. The number of esters is 1. The van der Waals surface area contributed by atoms with Crippen LogP contribution in [0.15, 0.2) is 18.2 Å². The van der Waals surface area contributed by atoms with E-state index in [9.17, 15) is 14.7 Å². The first-order valence-electron chi connectivity index (χ1n) is 11.0. The maximum atomic E-state index is 12.1. The average molecular weight is 438 g/mol. The van der Waals surface area contributed by atoms with Crippen molar-refractivity contribution in [1.82, 2.24) is 4.90 Å². The maximum Gasteiger partial charge on any atom is 0.410 e. The van der Waals surface area contributed by atoms with Crippen molar-refractivity contribution in [2.45, 2.75) is 66.6 Å². The van der Waals surface area contributed by atoms with Crippen LogP contribution in [0.25, 0.3) is 0 Å². The van der Waals surface area contributed by atoms with E-state index < -0.39 is 11.7 Å². The van der Waals surface area contributed by atoms with E-state index in [0.29, 0.717) is 25.3 Å². The Bertz CT molecular complexity index is 721. The molecule has 7 heteroatoms. The van der Waals surface area contributed by atoms with Crippen LogP contribution < -0.4 is 4.74 Å². The fourth-order valence-corrected chi connectivity index (χ4v) is 3.21. The third-order valence-electron chi connectivity index (χ3n) is 4.94. The lowest BCUT2D eigenvalue weighted by molar-refractivity contribution is -0.144. The number of hydrogen-bond acceptors (Lipinski definition) is 6. The molecular weight excluding hydrogens is 398 g/mol. The first-order valence-corrected chi connectivity index (χ1v) is 11.0. The summed E-state index contributed by atoms with van der Waals surface area (Å²) in [6.45, 7) is 14.1. The Morgan fingerprint density at radius 2 is 1.84 bits per heavy atom. The van der Waals surface area contributed by atoms with Crippen molar-refractivity contribution >= 4 is 12.1 Å². The fraction of sp³-hybridized carbons (Fsp3) is 0.667. The topological polar surface area (TPSA) is 85.3 Å². The number of nitrogens with zero attached hydrogens (tertiary/aromatic N) is 1. The number of aryl methyl sites for hydroxylation is 1. The van der Waals surface area contributed by atoms with Crippen LogP contribution in [0.1, 0.15) is 52.7 Å². The Labute approximate surface area is 186 Å². The lowest BCUT2D eigenvalue weighted by atomic mass is 9.94. The number of methoxy groups -OCH3 is 1. The van der Waals surface area contributed by atoms with Crippen molar-refractivity contribution in [3.63, 3.8) is 0 Å². The third-order valence-corrected chi connectivity index (χ3v) is 4.94. The minimum Gasteiger partial charge on any atom is -0.487 e. The Balaban J connectivity index is 0.00000233. The number of ether oxygens (including phenoxy) is 3. The molecule has 1 heterocycles. The summed E-state index contributed by atoms with van der Waals surface area (Å²) in [5.74, 6) is 0.204. The van der Waals surface area contributed by atoms with E-state index in [2.05, 4.69) is 0 Å². The zero-order chi connectivity index (χ0) is 23.8. The molecular formula is C24H39NO6. The maximum absolute atomic E-state index is 12.1. The van der Waals surface area contributed by atoms with Crippen molar-refractivity contribution < 1.29 is 28.9 Å². The molecule has 176 valence electrons. The third kappa shape index (κ3) is 8.05. The molecule has 1 aliphatic heterocycles. The van der Waals surface area contributed by atoms with Gasteiger partial charge >= 0.3 is 12.1 Å². The standard InChI is InChI=1S/C22H33NO6.C2H6/c1-14-7-8-16(9-15(2)20(25)27-6)10-18(14)28-19(13-24)17-11-23(12-17)21(26)29-22(3,4)5;1-2/h7-8,10,15,17,19,24H,9,11-13H2,1-6H3;1-2H3. The molecule has 1 amide bonds. The van der Waals surface area contributed by atoms with Crippen LogP contribution >= 0.6 is 0 Å². The molecule has 1 aliphatic rings. The van der Waals surface area contributed by atoms with E-state index in [0.717, 1.165) is 11.1 Å². The van der Waals surface area contributed by atoms with Gasteiger partial charge in [-0.2, -0.15) is 0 Å². The van der Waals surface area contributed by atoms with Gasteiger partial charge in [0.1, 0.15) is 17.5 Å². The number of rotatable bonds is 7. The van der Waals surface area contributed by atoms with Gasteiger partial charge < -0.3 is 24.2 Å². The predicted octanol–water partition coefficient (Wildman–Crippen LogP) is 3.98. The summed E-state index contributed by atoms with van der Waals surface area (Å²) >= 11 is 0. The molecule has 0 saturated carbocycles. The number of amides is 1. The Morgan fingerprint density at radius 3 is 2.35 bits per heavy atom. The summed E-state index contributed by atoms with van der Waals surface area (Å²) < 4.78 is 16.2. The molecule has 7 nitrogen and oxygen atoms in total. The van der Waals surface area contributed by atoms with E-state index in [1.807, 2.05) is 66.7 Å². The van der Waals surface area contributed by atoms with Gasteiger partial charge in [0.05, 0.1) is 19.6 Å². The van der Waals surface area contributed by atoms with Gasteiger partial charge in [-0.3, -0.25) is 4.79 Å². The smallest absolute Gasteiger partial charge is 0.410 e. The van der Waals surface area contributed by atoms with Crippen LogP contribution in [0.2, 0.25) is 0 Å². The molecule has 0 bridgehead atoms. The minimum absolute atomic E-state index is 0.0320. The molecule has 31 heavy (non-hydrogen) atoms. The highest BCUT2D eigenvalue weighted by Gasteiger charge is 2.39. The first-order chi connectivity index (χ1) is 14.5. The normalized spacial score (nSPS) is 15.7. The highest BCUT2D eigenvalue weighted by Crippen LogP contribution is 2.28. The van der Waals surface area contributed by atoms with Crippen LogP contribution in [0.5, 0.6) is 5.75 Å². The molecule has 1 fully saturated rings. The molecule has 1 aromatic carbocycles. The van der Waals surface area contributed by atoms with Gasteiger partial charge in [-0.05, 0) is 51.3 Å². The summed E-state index contributed by atoms with van der Waals surface area (Å²) in [6.07, 6.45) is -0.218. The summed E-state index contributed by atoms with van der Waals surface area (Å²) in [5, 5.41) is 9.82. The molecule has 0 radical (unpaired) electrons. The number of hydrogen-bond donors (Lipinski definition) is 1. The first kappa shape index (κ1) is 26.8. The van der Waals surface area contributed by atoms with E-state index in [1.165, 1.54) is 7.11 Å². The zero-order valence-electron chi connectivity index (χ0n) is 20.2. The van der Waals surface area contributed by atoms with Gasteiger partial charge in [0.2, 0.25) is 0 Å². The molecule has 2 atom stereocenters. The van der Waals surface area contributed by atoms with Gasteiger partial charge in [0.25, 0.3) is 0 Å². The molecule has 0 aromatic heterocycles. The molecule has 0 aliphatic carbocycles. The van der Waals surface area contributed by atoms with Crippen molar-refractivity contribution in [3.8, 4) is 5.75 Å². The van der Waals surface area contributed by atoms with Gasteiger partial charge in [-0.1, -0.05) is 32.9 Å². The van der Waals surface area contributed by atoms with Crippen molar-refractivity contribution in [2.24, 2.45) is 11.8 Å². The summed E-state index contributed by atoms with van der Waals surface area (Å²) in [6, 6.07) is 5.81. The van der Waals surface area contributed by atoms with Gasteiger partial charge in [0.15, 0.2) is 0 Å². The molecule has 0 spiro atoms. The van der Waals surface area contributed by atoms with Gasteiger partial charge in [0, 0.05) is 19.0 Å². The Morgan fingerprint density at radius 1 is 1.23 bits per heavy atom. The van der Waals surface area contributed by atoms with Gasteiger partial charge in [-0.25, -0.2) is 4.79 Å². The van der Waals surface area contributed by atoms with Crippen molar-refractivity contribution in [2.75, 3.05) is 26.8 Å². The van der Waals surface area contributed by atoms with Gasteiger partial charge in [-0.15, -0.1) is 0 Å². The lowest BCUT2D eigenvalue weighted by Gasteiger charge is -2.42. The number of likely N-dealkylation sites (tertiary alicyclic amines) is 1. The summed E-state index contributed by atoms with van der Waals surface area (Å²) in [5.41, 5.74) is 1.37. The van der Waals surface area contributed by atoms with Crippen LogP contribution in [-0.2, 0) is 20.7 Å². The van der Waals surface area contributed by atoms with Crippen LogP contribution in [0.4, 0.5) is 4.79 Å². The highest BCUT2D eigenvalue weighted by molar-refractivity contribution is 5.72. The van der Waals surface area contributed by atoms with Crippen LogP contribution in [-0.4, -0.2) is 60.6 Å². The number of carbonyl (C=O) groups excluding carboxylic acids is 2. The quantitative estimate of drug-likeness (QED) is 0.650. The zero-order valence-corrected chi connectivity index (χ0v) is 20.2. The predicted molar refractivity (Wildman–Crippen MR) is 120 cm³/mol. The average Bonchev–Trinajstić information content (AvgIpc) is 2.67. The fourth-order valence-electron chi connectivity index (χ4n) is 3.21. The Kier molecular flexibility index (Phi) is 10.3. The number of benzene rings is 1. The molecule has 1 saturated heterocycles. The minimum atomic E-state index is -0.534. The molecule has 2 unspecified atom stereocenters. The van der Waals surface area contributed by atoms with E-state index >= 15 is 0 Å². The second kappa shape index (κ2) is 11.9. The Hall–Kier alpha value is -2.28. The van der Waals surface area contributed by atoms with E-state index in [4.69, 9.17) is 14.2 Å². The monoisotopic (exact) mass is 437 g/mol. The molecule has 1 N–H and O–H groups in total. The van der Waals surface area contributed by atoms with E-state index in [-0.39, 0.29) is 30.5 Å². The van der Waals surface area contributed by atoms with Crippen LogP contribution in [0, 0.1) is 18.8 Å². The summed E-state index contributed by atoms with van der Waals surface area (Å²) in [7, 11) is 1.38. The van der Waals surface area contributed by atoms with Crippen molar-refractivity contribution in [3.05, 3.63) is 29.3 Å². The summed E-state index contributed by atoms with van der Waals surface area (Å²) in [4.78, 5) is 25.4. The van der Waals surface area contributed by atoms with E-state index in [1.54, 1.807) is 4.90 Å². The molecule has 1 aromatic rings. The molecule has 2 rings (SSSR count). The lowest BCUT2D eigenvalue weighted by Crippen LogP contribution is -2.57. The second-order valence-corrected chi connectivity index (χ2v) is 8.71. The number of carbonyl (C=O) groups is 2. The SMILES string of the molecule is CC.COC(=O)C(C)Cc1ccc(C)c(OC(CO)C2CN(C(=O)OC(C)(C)C)C2)c1. The number of aliphatic hydroxyl groups excluding tert-OH is 1. The largest absolute Gasteiger partial charge is 0.487 e.